The molecular formula is C14H19N. The van der Waals surface area contributed by atoms with Crippen molar-refractivity contribution in [1.82, 2.24) is 4.98 Å². The largest absolute Gasteiger partial charge is 0.265 e. The van der Waals surface area contributed by atoms with Gasteiger partial charge < -0.3 is 0 Å². The number of allylic oxidation sites excluding steroid dienone is 4. The van der Waals surface area contributed by atoms with E-state index in [2.05, 4.69) is 49.2 Å². The molecule has 1 nitrogen and oxygen atoms in total. The fraction of sp³-hybridized carbons (Fsp3) is 0.357. The van der Waals surface area contributed by atoms with Crippen LogP contribution in [0, 0.1) is 0 Å². The van der Waals surface area contributed by atoms with Gasteiger partial charge in [0, 0.05) is 12.4 Å². The molecule has 1 heterocycles. The van der Waals surface area contributed by atoms with Gasteiger partial charge in [-0.1, -0.05) is 38.5 Å². The normalized spacial score (nSPS) is 12.3. The fourth-order valence-corrected chi connectivity index (χ4v) is 1.37. The summed E-state index contributed by atoms with van der Waals surface area (Å²) in [5.41, 5.74) is 2.56. The smallest absolute Gasteiger partial charge is 0.0273 e. The van der Waals surface area contributed by atoms with E-state index in [0.717, 1.165) is 12.8 Å². The number of hydrogen-bond donors (Lipinski definition) is 0. The van der Waals surface area contributed by atoms with Crippen molar-refractivity contribution < 1.29 is 0 Å². The zero-order valence-corrected chi connectivity index (χ0v) is 9.61. The molecule has 0 atom stereocenters. The number of aromatic nitrogens is 1. The van der Waals surface area contributed by atoms with Crippen molar-refractivity contribution in [3.8, 4) is 0 Å². The SMILES string of the molecule is CCC=CC(=CCCC)c1ccncc1. The maximum atomic E-state index is 4.04. The third kappa shape index (κ3) is 4.11. The van der Waals surface area contributed by atoms with Crippen LogP contribution in [0.3, 0.4) is 0 Å². The third-order valence-electron chi connectivity index (χ3n) is 2.20. The number of rotatable bonds is 5. The van der Waals surface area contributed by atoms with E-state index in [0.29, 0.717) is 0 Å². The van der Waals surface area contributed by atoms with Gasteiger partial charge in [0.15, 0.2) is 0 Å². The molecule has 0 saturated carbocycles. The second-order valence-electron chi connectivity index (χ2n) is 3.49. The Labute approximate surface area is 92.6 Å². The number of pyridine rings is 1. The van der Waals surface area contributed by atoms with Crippen LogP contribution in [0.25, 0.3) is 5.57 Å². The van der Waals surface area contributed by atoms with Crippen LogP contribution in [0.4, 0.5) is 0 Å². The lowest BCUT2D eigenvalue weighted by Gasteiger charge is -2.01. The molecular weight excluding hydrogens is 182 g/mol. The molecule has 1 rings (SSSR count). The second kappa shape index (κ2) is 6.99. The minimum atomic E-state index is 1.08. The van der Waals surface area contributed by atoms with Crippen LogP contribution in [0.2, 0.25) is 0 Å². The van der Waals surface area contributed by atoms with Gasteiger partial charge in [-0.25, -0.2) is 0 Å². The molecule has 0 radical (unpaired) electrons. The molecule has 0 unspecified atom stereocenters. The van der Waals surface area contributed by atoms with Crippen LogP contribution in [0.5, 0.6) is 0 Å². The van der Waals surface area contributed by atoms with Crippen molar-refractivity contribution in [2.24, 2.45) is 0 Å². The summed E-state index contributed by atoms with van der Waals surface area (Å²) < 4.78 is 0. The van der Waals surface area contributed by atoms with Crippen molar-refractivity contribution in [3.05, 3.63) is 48.3 Å². The van der Waals surface area contributed by atoms with Gasteiger partial charge in [-0.05, 0) is 36.1 Å². The molecule has 0 amide bonds. The van der Waals surface area contributed by atoms with Crippen molar-refractivity contribution >= 4 is 5.57 Å². The monoisotopic (exact) mass is 201 g/mol. The van der Waals surface area contributed by atoms with Crippen LogP contribution in [0.15, 0.2) is 42.8 Å². The Morgan fingerprint density at radius 2 is 2.00 bits per heavy atom. The minimum Gasteiger partial charge on any atom is -0.265 e. The first-order valence-corrected chi connectivity index (χ1v) is 5.65. The van der Waals surface area contributed by atoms with Gasteiger partial charge in [0.1, 0.15) is 0 Å². The molecule has 0 bridgehead atoms. The Hall–Kier alpha value is -1.37. The number of nitrogens with zero attached hydrogens (tertiary/aromatic N) is 1. The van der Waals surface area contributed by atoms with E-state index in [4.69, 9.17) is 0 Å². The molecule has 15 heavy (non-hydrogen) atoms. The number of hydrogen-bond acceptors (Lipinski definition) is 1. The van der Waals surface area contributed by atoms with Crippen LogP contribution < -0.4 is 0 Å². The van der Waals surface area contributed by atoms with Crippen molar-refractivity contribution in [2.75, 3.05) is 0 Å². The summed E-state index contributed by atoms with van der Waals surface area (Å²) in [6.45, 7) is 4.35. The highest BCUT2D eigenvalue weighted by Gasteiger charge is 1.95. The Morgan fingerprint density at radius 3 is 2.60 bits per heavy atom. The predicted octanol–water partition coefficient (Wildman–Crippen LogP) is 4.23. The van der Waals surface area contributed by atoms with Gasteiger partial charge in [0.2, 0.25) is 0 Å². The molecule has 0 aliphatic rings. The standard InChI is InChI=1S/C14H19N/c1-3-5-7-13(8-6-4-2)14-9-11-15-12-10-14/h5,7-12H,3-4,6H2,1-2H3. The van der Waals surface area contributed by atoms with Crippen molar-refractivity contribution in [3.63, 3.8) is 0 Å². The van der Waals surface area contributed by atoms with E-state index < -0.39 is 0 Å². The van der Waals surface area contributed by atoms with E-state index in [1.807, 2.05) is 12.4 Å². The summed E-state index contributed by atoms with van der Waals surface area (Å²) in [6.07, 6.45) is 13.8. The van der Waals surface area contributed by atoms with Crippen LogP contribution >= 0.6 is 0 Å². The third-order valence-corrected chi connectivity index (χ3v) is 2.20. The molecule has 1 heteroatoms. The Kier molecular flexibility index (Phi) is 5.46. The summed E-state index contributed by atoms with van der Waals surface area (Å²) in [6, 6.07) is 4.11. The van der Waals surface area contributed by atoms with Crippen molar-refractivity contribution in [1.29, 1.82) is 0 Å². The van der Waals surface area contributed by atoms with Gasteiger partial charge in [-0.3, -0.25) is 4.98 Å². The molecule has 0 aliphatic carbocycles. The van der Waals surface area contributed by atoms with E-state index in [1.54, 1.807) is 0 Å². The summed E-state index contributed by atoms with van der Waals surface area (Å²) in [5, 5.41) is 0. The first kappa shape index (κ1) is 11.7. The minimum absolute atomic E-state index is 1.08. The first-order chi connectivity index (χ1) is 7.38. The quantitative estimate of drug-likeness (QED) is 0.649. The fourth-order valence-electron chi connectivity index (χ4n) is 1.37. The summed E-state index contributed by atoms with van der Waals surface area (Å²) in [4.78, 5) is 4.04. The number of unbranched alkanes of at least 4 members (excludes halogenated alkanes) is 1. The lowest BCUT2D eigenvalue weighted by molar-refractivity contribution is 0.960. The zero-order valence-electron chi connectivity index (χ0n) is 9.61. The topological polar surface area (TPSA) is 12.9 Å². The summed E-state index contributed by atoms with van der Waals surface area (Å²) in [7, 11) is 0. The van der Waals surface area contributed by atoms with Gasteiger partial charge >= 0.3 is 0 Å². The highest BCUT2D eigenvalue weighted by Crippen LogP contribution is 2.16. The van der Waals surface area contributed by atoms with Gasteiger partial charge in [0.05, 0.1) is 0 Å². The lowest BCUT2D eigenvalue weighted by atomic mass is 10.0. The maximum Gasteiger partial charge on any atom is 0.0273 e. The molecule has 1 aromatic heterocycles. The van der Waals surface area contributed by atoms with E-state index in [9.17, 15) is 0 Å². The Balaban J connectivity index is 2.86. The molecule has 0 saturated heterocycles. The first-order valence-electron chi connectivity index (χ1n) is 5.65. The maximum absolute atomic E-state index is 4.04. The Morgan fingerprint density at radius 1 is 1.27 bits per heavy atom. The molecule has 0 aromatic carbocycles. The second-order valence-corrected chi connectivity index (χ2v) is 3.49. The average molecular weight is 201 g/mol. The van der Waals surface area contributed by atoms with Gasteiger partial charge in [0.25, 0.3) is 0 Å². The Bertz CT molecular complexity index is 322. The molecule has 0 spiro atoms. The van der Waals surface area contributed by atoms with E-state index in [-0.39, 0.29) is 0 Å². The van der Waals surface area contributed by atoms with E-state index >= 15 is 0 Å². The summed E-state index contributed by atoms with van der Waals surface area (Å²) >= 11 is 0. The molecule has 0 N–H and O–H groups in total. The molecule has 0 fully saturated rings. The molecule has 0 aliphatic heterocycles. The summed E-state index contributed by atoms with van der Waals surface area (Å²) in [5.74, 6) is 0. The molecule has 1 aromatic rings. The van der Waals surface area contributed by atoms with Crippen LogP contribution in [-0.2, 0) is 0 Å². The van der Waals surface area contributed by atoms with Crippen LogP contribution in [0.1, 0.15) is 38.7 Å². The lowest BCUT2D eigenvalue weighted by Crippen LogP contribution is -1.82. The highest BCUT2D eigenvalue weighted by molar-refractivity contribution is 5.73. The van der Waals surface area contributed by atoms with E-state index in [1.165, 1.54) is 17.6 Å². The predicted molar refractivity (Wildman–Crippen MR) is 66.6 cm³/mol. The van der Waals surface area contributed by atoms with Crippen LogP contribution in [-0.4, -0.2) is 4.98 Å². The molecule has 80 valence electrons. The average Bonchev–Trinajstić information content (AvgIpc) is 2.30. The van der Waals surface area contributed by atoms with Gasteiger partial charge in [-0.2, -0.15) is 0 Å². The highest BCUT2D eigenvalue weighted by atomic mass is 14.6. The van der Waals surface area contributed by atoms with Gasteiger partial charge in [-0.15, -0.1) is 0 Å². The van der Waals surface area contributed by atoms with Crippen molar-refractivity contribution in [2.45, 2.75) is 33.1 Å². The zero-order chi connectivity index (χ0) is 10.9.